The largest absolute Gasteiger partial charge is 0.490 e. The monoisotopic (exact) mass is 366 g/mol. The topological polar surface area (TPSA) is 88.4 Å². The number of amides is 1. The number of ketones is 1. The fourth-order valence-electron chi connectivity index (χ4n) is 2.40. The number of nitrogens with zero attached hydrogens (tertiary/aromatic N) is 1. The summed E-state index contributed by atoms with van der Waals surface area (Å²) in [6.45, 7) is 3.92. The fourth-order valence-corrected chi connectivity index (χ4v) is 2.40. The third-order valence-corrected chi connectivity index (χ3v) is 3.71. The second-order valence-electron chi connectivity index (χ2n) is 5.90. The summed E-state index contributed by atoms with van der Waals surface area (Å²) in [6, 6.07) is 13.8. The molecule has 0 atom stereocenters. The Kier molecular flexibility index (Phi) is 7.38. The molecule has 2 rings (SSSR count). The molecule has 0 saturated carbocycles. The summed E-state index contributed by atoms with van der Waals surface area (Å²) in [6.07, 6.45) is 1.19. The van der Waals surface area contributed by atoms with Gasteiger partial charge in [-0.15, -0.1) is 0 Å². The molecule has 0 spiro atoms. The molecule has 0 unspecified atom stereocenters. The van der Waals surface area contributed by atoms with Crippen LogP contribution >= 0.6 is 0 Å². The summed E-state index contributed by atoms with van der Waals surface area (Å²) < 4.78 is 11.2. The number of nitrogens with one attached hydrogen (secondary N) is 1. The van der Waals surface area contributed by atoms with Crippen molar-refractivity contribution in [1.82, 2.24) is 0 Å². The summed E-state index contributed by atoms with van der Waals surface area (Å²) in [5.41, 5.74) is 1.54. The van der Waals surface area contributed by atoms with Crippen LogP contribution in [0.2, 0.25) is 0 Å². The summed E-state index contributed by atoms with van der Waals surface area (Å²) >= 11 is 0. The van der Waals surface area contributed by atoms with Gasteiger partial charge in [0.05, 0.1) is 17.2 Å². The number of hydrogen-bond donors (Lipinski definition) is 1. The van der Waals surface area contributed by atoms with Crippen molar-refractivity contribution in [2.24, 2.45) is 0 Å². The first-order chi connectivity index (χ1) is 13.0. The zero-order valence-corrected chi connectivity index (χ0v) is 15.5. The molecule has 0 fully saturated rings. The van der Waals surface area contributed by atoms with Gasteiger partial charge in [-0.05, 0) is 55.8 Å². The minimum absolute atomic E-state index is 0.0866. The molecular weight excluding hydrogens is 344 g/mol. The van der Waals surface area contributed by atoms with E-state index in [1.807, 2.05) is 13.0 Å². The average Bonchev–Trinajstić information content (AvgIpc) is 2.66. The Morgan fingerprint density at radius 1 is 1.07 bits per heavy atom. The highest BCUT2D eigenvalue weighted by atomic mass is 16.5. The van der Waals surface area contributed by atoms with Gasteiger partial charge in [0, 0.05) is 12.1 Å². The lowest BCUT2D eigenvalue weighted by molar-refractivity contribution is -0.116. The minimum atomic E-state index is -0.149. The van der Waals surface area contributed by atoms with Crippen LogP contribution in [0.5, 0.6) is 11.5 Å². The van der Waals surface area contributed by atoms with Crippen LogP contribution in [0.1, 0.15) is 42.6 Å². The van der Waals surface area contributed by atoms with E-state index in [9.17, 15) is 9.59 Å². The second kappa shape index (κ2) is 9.97. The summed E-state index contributed by atoms with van der Waals surface area (Å²) in [5.74, 6) is 0.846. The number of anilines is 1. The zero-order chi connectivity index (χ0) is 19.6. The molecule has 2 aromatic rings. The van der Waals surface area contributed by atoms with E-state index in [0.717, 1.165) is 6.42 Å². The lowest BCUT2D eigenvalue weighted by Gasteiger charge is -2.13. The number of carbonyl (C=O) groups excluding carboxylic acids is 2. The Bertz CT molecular complexity index is 838. The van der Waals surface area contributed by atoms with Crippen LogP contribution in [0.4, 0.5) is 5.69 Å². The first-order valence-corrected chi connectivity index (χ1v) is 8.74. The van der Waals surface area contributed by atoms with Gasteiger partial charge in [-0.2, -0.15) is 5.26 Å². The van der Waals surface area contributed by atoms with Crippen LogP contribution in [0.15, 0.2) is 42.5 Å². The Labute approximate surface area is 158 Å². The second-order valence-corrected chi connectivity index (χ2v) is 5.90. The van der Waals surface area contributed by atoms with Crippen molar-refractivity contribution in [1.29, 1.82) is 5.26 Å². The zero-order valence-electron chi connectivity index (χ0n) is 15.5. The van der Waals surface area contributed by atoms with E-state index in [1.165, 1.54) is 6.92 Å². The Morgan fingerprint density at radius 2 is 1.78 bits per heavy atom. The van der Waals surface area contributed by atoms with Gasteiger partial charge in [-0.1, -0.05) is 6.92 Å². The van der Waals surface area contributed by atoms with E-state index in [4.69, 9.17) is 14.7 Å². The van der Waals surface area contributed by atoms with E-state index in [-0.39, 0.29) is 24.9 Å². The smallest absolute Gasteiger partial charge is 0.224 e. The number of nitriles is 1. The van der Waals surface area contributed by atoms with Crippen molar-refractivity contribution in [3.05, 3.63) is 53.6 Å². The molecule has 0 heterocycles. The summed E-state index contributed by atoms with van der Waals surface area (Å²) in [7, 11) is 0. The van der Waals surface area contributed by atoms with E-state index in [2.05, 4.69) is 5.32 Å². The normalized spacial score (nSPS) is 9.96. The number of Topliss-reactive ketones (excluding diaryl/α,β-unsaturated/α-hetero) is 1. The number of ether oxygens (including phenoxy) is 2. The first-order valence-electron chi connectivity index (χ1n) is 8.74. The fraction of sp³-hybridized carbons (Fsp3) is 0.286. The van der Waals surface area contributed by atoms with Gasteiger partial charge in [0.1, 0.15) is 24.7 Å². The van der Waals surface area contributed by atoms with Crippen molar-refractivity contribution in [2.75, 3.05) is 18.5 Å². The quantitative estimate of drug-likeness (QED) is 0.536. The minimum Gasteiger partial charge on any atom is -0.490 e. The maximum atomic E-state index is 11.9. The molecule has 27 heavy (non-hydrogen) atoms. The van der Waals surface area contributed by atoms with Crippen molar-refractivity contribution < 1.29 is 19.1 Å². The lowest BCUT2D eigenvalue weighted by Crippen LogP contribution is -2.13. The molecule has 0 bridgehead atoms. The Hall–Kier alpha value is -3.33. The molecule has 0 aliphatic carbocycles. The Morgan fingerprint density at radius 3 is 2.41 bits per heavy atom. The SMILES string of the molecule is CCCC(=O)Nc1ccc(OCCOc2ccc(C#N)cc2)c(C(C)=O)c1. The number of rotatable bonds is 9. The standard InChI is InChI=1S/C21H22N2O4/c1-3-4-21(25)23-17-7-10-20(19(13-17)15(2)24)27-12-11-26-18-8-5-16(14-22)6-9-18/h5-10,13H,3-4,11-12H2,1-2H3,(H,23,25). The van der Waals surface area contributed by atoms with Gasteiger partial charge in [0.2, 0.25) is 5.91 Å². The highest BCUT2D eigenvalue weighted by Crippen LogP contribution is 2.24. The van der Waals surface area contributed by atoms with Crippen molar-refractivity contribution >= 4 is 17.4 Å². The molecule has 0 saturated heterocycles. The molecule has 1 amide bonds. The molecule has 1 N–H and O–H groups in total. The number of benzene rings is 2. The van der Waals surface area contributed by atoms with Gasteiger partial charge >= 0.3 is 0 Å². The van der Waals surface area contributed by atoms with Gasteiger partial charge in [-0.25, -0.2) is 0 Å². The van der Waals surface area contributed by atoms with Crippen LogP contribution in [-0.2, 0) is 4.79 Å². The maximum Gasteiger partial charge on any atom is 0.224 e. The highest BCUT2D eigenvalue weighted by molar-refractivity contribution is 5.99. The van der Waals surface area contributed by atoms with Crippen LogP contribution in [-0.4, -0.2) is 24.9 Å². The van der Waals surface area contributed by atoms with Crippen LogP contribution in [0, 0.1) is 11.3 Å². The van der Waals surface area contributed by atoms with E-state index in [1.54, 1.807) is 42.5 Å². The van der Waals surface area contributed by atoms with Crippen molar-refractivity contribution in [3.63, 3.8) is 0 Å². The average molecular weight is 366 g/mol. The van der Waals surface area contributed by atoms with Crippen LogP contribution in [0.3, 0.4) is 0 Å². The molecule has 6 heteroatoms. The molecule has 0 radical (unpaired) electrons. The van der Waals surface area contributed by atoms with Crippen molar-refractivity contribution in [3.8, 4) is 17.6 Å². The molecule has 0 aliphatic rings. The van der Waals surface area contributed by atoms with E-state index in [0.29, 0.717) is 34.7 Å². The first kappa shape index (κ1) is 20.0. The van der Waals surface area contributed by atoms with Crippen LogP contribution < -0.4 is 14.8 Å². The summed E-state index contributed by atoms with van der Waals surface area (Å²) in [4.78, 5) is 23.6. The predicted molar refractivity (Wildman–Crippen MR) is 102 cm³/mol. The molecular formula is C21H22N2O4. The predicted octanol–water partition coefficient (Wildman–Crippen LogP) is 3.96. The number of carbonyl (C=O) groups is 2. The molecule has 0 aromatic heterocycles. The highest BCUT2D eigenvalue weighted by Gasteiger charge is 2.11. The molecule has 140 valence electrons. The number of hydrogen-bond acceptors (Lipinski definition) is 5. The lowest BCUT2D eigenvalue weighted by atomic mass is 10.1. The van der Waals surface area contributed by atoms with E-state index >= 15 is 0 Å². The summed E-state index contributed by atoms with van der Waals surface area (Å²) in [5, 5.41) is 11.5. The van der Waals surface area contributed by atoms with Gasteiger partial charge in [0.15, 0.2) is 5.78 Å². The Balaban J connectivity index is 1.93. The molecule has 0 aliphatic heterocycles. The van der Waals surface area contributed by atoms with Gasteiger partial charge < -0.3 is 14.8 Å². The van der Waals surface area contributed by atoms with Crippen molar-refractivity contribution in [2.45, 2.75) is 26.7 Å². The van der Waals surface area contributed by atoms with E-state index < -0.39 is 0 Å². The van der Waals surface area contributed by atoms with Crippen LogP contribution in [0.25, 0.3) is 0 Å². The molecule has 6 nitrogen and oxygen atoms in total. The third kappa shape index (κ3) is 6.15. The molecule has 2 aromatic carbocycles. The van der Waals surface area contributed by atoms with Gasteiger partial charge in [0.25, 0.3) is 0 Å². The maximum absolute atomic E-state index is 11.9. The van der Waals surface area contributed by atoms with Gasteiger partial charge in [-0.3, -0.25) is 9.59 Å². The third-order valence-electron chi connectivity index (χ3n) is 3.71.